The molecule has 0 aliphatic rings. The molecule has 1 aromatic rings. The highest BCUT2D eigenvalue weighted by Crippen LogP contribution is 2.34. The molecule has 8 nitrogen and oxygen atoms in total. The molecule has 0 spiro atoms. The van der Waals surface area contributed by atoms with Gasteiger partial charge in [-0.3, -0.25) is 14.1 Å². The zero-order valence-corrected chi connectivity index (χ0v) is 12.2. The van der Waals surface area contributed by atoms with Crippen molar-refractivity contribution in [3.05, 3.63) is 23.5 Å². The molecule has 1 rings (SSSR count). The van der Waals surface area contributed by atoms with E-state index in [-0.39, 0.29) is 6.29 Å². The first-order valence-electron chi connectivity index (χ1n) is 5.68. The van der Waals surface area contributed by atoms with E-state index in [2.05, 4.69) is 9.47 Å². The molecular weight excluding hydrogens is 323 g/mol. The van der Waals surface area contributed by atoms with Crippen LogP contribution in [0.3, 0.4) is 0 Å². The fourth-order valence-corrected chi connectivity index (χ4v) is 2.18. The molecule has 0 fully saturated rings. The number of carbonyl (C=O) groups is 3. The Kier molecular flexibility index (Phi) is 5.33. The summed E-state index contributed by atoms with van der Waals surface area (Å²) in [6.45, 7) is 2.01. The van der Waals surface area contributed by atoms with Crippen LogP contribution in [-0.4, -0.2) is 31.2 Å². The molecule has 10 heteroatoms. The van der Waals surface area contributed by atoms with Crippen LogP contribution in [0.5, 0.6) is 11.5 Å². The van der Waals surface area contributed by atoms with Crippen molar-refractivity contribution in [2.45, 2.75) is 19.1 Å². The summed E-state index contributed by atoms with van der Waals surface area (Å²) in [7, 11) is -4.93. The van der Waals surface area contributed by atoms with Crippen LogP contribution in [0.1, 0.15) is 24.7 Å². The van der Waals surface area contributed by atoms with Crippen molar-refractivity contribution in [2.24, 2.45) is 0 Å². The predicted molar refractivity (Wildman–Crippen MR) is 69.4 cm³/mol. The lowest BCUT2D eigenvalue weighted by atomic mass is 10.1. The Hall–Kier alpha value is -2.33. The van der Waals surface area contributed by atoms with Crippen molar-refractivity contribution in [1.82, 2.24) is 0 Å². The normalized spacial score (nSPS) is 12.4. The van der Waals surface area contributed by atoms with Crippen molar-refractivity contribution >= 4 is 28.3 Å². The van der Waals surface area contributed by atoms with E-state index in [1.54, 1.807) is 0 Å². The summed E-state index contributed by atoms with van der Waals surface area (Å²) in [6, 6.07) is 1.25. The third-order valence-electron chi connectivity index (χ3n) is 2.32. The van der Waals surface area contributed by atoms with Gasteiger partial charge in [-0.1, -0.05) is 0 Å². The van der Waals surface area contributed by atoms with Gasteiger partial charge in [-0.05, 0) is 6.07 Å². The third-order valence-corrected chi connectivity index (χ3v) is 3.33. The number of aldehydes is 1. The van der Waals surface area contributed by atoms with Crippen molar-refractivity contribution in [3.8, 4) is 11.5 Å². The Bertz CT molecular complexity index is 725. The van der Waals surface area contributed by atoms with E-state index >= 15 is 0 Å². The molecule has 0 radical (unpaired) electrons. The summed E-state index contributed by atoms with van der Waals surface area (Å²) in [5.41, 5.74) is -0.760. The number of rotatable bonds is 5. The maximum atomic E-state index is 13.9. The van der Waals surface area contributed by atoms with Crippen LogP contribution in [0.2, 0.25) is 0 Å². The first-order chi connectivity index (χ1) is 10.1. The number of ether oxygens (including phenoxy) is 2. The van der Waals surface area contributed by atoms with Crippen LogP contribution in [0, 0.1) is 5.82 Å². The summed E-state index contributed by atoms with van der Waals surface area (Å²) in [5.74, 6) is -3.91. The van der Waals surface area contributed by atoms with Gasteiger partial charge in [0, 0.05) is 25.5 Å². The lowest BCUT2D eigenvalue weighted by Gasteiger charge is -2.14. The molecule has 0 aromatic heterocycles. The van der Waals surface area contributed by atoms with Crippen molar-refractivity contribution in [1.29, 1.82) is 0 Å². The Morgan fingerprint density at radius 2 is 1.64 bits per heavy atom. The topological polar surface area (TPSA) is 124 Å². The first-order valence-corrected chi connectivity index (χ1v) is 7.18. The zero-order chi connectivity index (χ0) is 17.1. The van der Waals surface area contributed by atoms with Crippen molar-refractivity contribution in [3.63, 3.8) is 0 Å². The van der Waals surface area contributed by atoms with Crippen LogP contribution < -0.4 is 9.47 Å². The van der Waals surface area contributed by atoms with Gasteiger partial charge >= 0.3 is 11.9 Å². The zero-order valence-electron chi connectivity index (χ0n) is 11.4. The molecule has 0 saturated heterocycles. The number of esters is 2. The van der Waals surface area contributed by atoms with Crippen molar-refractivity contribution in [2.75, 3.05) is 0 Å². The number of hydrogen-bond acceptors (Lipinski definition) is 7. The maximum Gasteiger partial charge on any atom is 0.308 e. The molecule has 0 saturated carbocycles. The summed E-state index contributed by atoms with van der Waals surface area (Å²) < 4.78 is 54.3. The Morgan fingerprint density at radius 1 is 1.18 bits per heavy atom. The standard InChI is InChI=1S/C12H11FO8S/c1-6(15)20-10-3-8(12(5-14)22(17,18)19)9(13)4-11(10)21-7(2)16/h3-5,12H,1-2H3,(H,17,18,19). The van der Waals surface area contributed by atoms with E-state index in [0.29, 0.717) is 12.1 Å². The van der Waals surface area contributed by atoms with E-state index < -0.39 is 50.2 Å². The van der Waals surface area contributed by atoms with E-state index in [9.17, 15) is 27.2 Å². The Labute approximate surface area is 124 Å². The molecule has 0 aliphatic carbocycles. The number of benzene rings is 1. The lowest BCUT2D eigenvalue weighted by Crippen LogP contribution is -2.16. The molecule has 1 N–H and O–H groups in total. The third kappa shape index (κ3) is 4.33. The number of hydrogen-bond donors (Lipinski definition) is 1. The summed E-state index contributed by atoms with van der Waals surface area (Å²) in [6.07, 6.45) is -0.198. The molecule has 1 unspecified atom stereocenters. The minimum absolute atomic E-state index is 0.198. The highest BCUT2D eigenvalue weighted by Gasteiger charge is 2.29. The highest BCUT2D eigenvalue weighted by atomic mass is 32.2. The lowest BCUT2D eigenvalue weighted by molar-refractivity contribution is -0.134. The molecule has 0 bridgehead atoms. The molecule has 0 aliphatic heterocycles. The largest absolute Gasteiger partial charge is 0.423 e. The van der Waals surface area contributed by atoms with Gasteiger partial charge in [-0.25, -0.2) is 4.39 Å². The van der Waals surface area contributed by atoms with Gasteiger partial charge in [-0.15, -0.1) is 0 Å². The number of halogens is 1. The molecular formula is C12H11FO8S. The monoisotopic (exact) mass is 334 g/mol. The van der Waals surface area contributed by atoms with E-state index in [1.165, 1.54) is 0 Å². The van der Waals surface area contributed by atoms with E-state index in [0.717, 1.165) is 13.8 Å². The van der Waals surface area contributed by atoms with E-state index in [1.807, 2.05) is 0 Å². The highest BCUT2D eigenvalue weighted by molar-refractivity contribution is 7.86. The van der Waals surface area contributed by atoms with Gasteiger partial charge in [0.25, 0.3) is 10.1 Å². The van der Waals surface area contributed by atoms with Crippen LogP contribution in [0.25, 0.3) is 0 Å². The number of carbonyl (C=O) groups excluding carboxylic acids is 3. The average molecular weight is 334 g/mol. The van der Waals surface area contributed by atoms with Gasteiger partial charge in [0.2, 0.25) is 0 Å². The summed E-state index contributed by atoms with van der Waals surface area (Å²) in [5, 5.41) is -2.21. The maximum absolute atomic E-state index is 13.9. The molecule has 120 valence electrons. The van der Waals surface area contributed by atoms with Gasteiger partial charge in [-0.2, -0.15) is 8.42 Å². The smallest absolute Gasteiger partial charge is 0.308 e. The van der Waals surface area contributed by atoms with Crippen LogP contribution in [0.4, 0.5) is 4.39 Å². The second-order valence-electron chi connectivity index (χ2n) is 4.08. The quantitative estimate of drug-likeness (QED) is 0.363. The van der Waals surface area contributed by atoms with E-state index in [4.69, 9.17) is 4.55 Å². The molecule has 0 heterocycles. The van der Waals surface area contributed by atoms with Crippen molar-refractivity contribution < 1.29 is 41.2 Å². The first kappa shape index (κ1) is 17.7. The second kappa shape index (κ2) is 6.62. The predicted octanol–water partition coefficient (Wildman–Crippen LogP) is 0.804. The summed E-state index contributed by atoms with van der Waals surface area (Å²) in [4.78, 5) is 32.7. The van der Waals surface area contributed by atoms with Crippen LogP contribution >= 0.6 is 0 Å². The molecule has 0 amide bonds. The SMILES string of the molecule is CC(=O)Oc1cc(F)c(C(C=O)S(=O)(=O)O)cc1OC(C)=O. The minimum atomic E-state index is -4.93. The summed E-state index contributed by atoms with van der Waals surface area (Å²) >= 11 is 0. The Balaban J connectivity index is 3.52. The average Bonchev–Trinajstić information content (AvgIpc) is 2.32. The Morgan fingerprint density at radius 3 is 2.00 bits per heavy atom. The van der Waals surface area contributed by atoms with Crippen LogP contribution in [0.15, 0.2) is 12.1 Å². The molecule has 1 aromatic carbocycles. The van der Waals surface area contributed by atoms with Gasteiger partial charge in [0.1, 0.15) is 12.1 Å². The van der Waals surface area contributed by atoms with Gasteiger partial charge in [0.15, 0.2) is 16.7 Å². The van der Waals surface area contributed by atoms with Gasteiger partial charge < -0.3 is 14.3 Å². The van der Waals surface area contributed by atoms with Crippen LogP contribution in [-0.2, 0) is 24.5 Å². The molecule has 1 atom stereocenters. The molecule has 22 heavy (non-hydrogen) atoms. The fourth-order valence-electron chi connectivity index (χ4n) is 1.54. The second-order valence-corrected chi connectivity index (χ2v) is 5.62. The van der Waals surface area contributed by atoms with Gasteiger partial charge in [0.05, 0.1) is 0 Å². The minimum Gasteiger partial charge on any atom is -0.423 e. The fraction of sp³-hybridized carbons (Fsp3) is 0.250.